The van der Waals surface area contributed by atoms with Gasteiger partial charge in [-0.3, -0.25) is 0 Å². The van der Waals surface area contributed by atoms with Crippen LogP contribution in [0.4, 0.5) is 34.1 Å². The van der Waals surface area contributed by atoms with Gasteiger partial charge in [0.05, 0.1) is 17.0 Å². The first kappa shape index (κ1) is 48.5. The minimum Gasteiger partial charge on any atom is -0.468 e. The second-order valence-electron chi connectivity index (χ2n) is 28.8. The minimum atomic E-state index is -0.134. The average molecular weight is 965 g/mol. The average Bonchev–Trinajstić information content (AvgIpc) is 3.68. The van der Waals surface area contributed by atoms with Gasteiger partial charge in [0.1, 0.15) is 5.58 Å². The third kappa shape index (κ3) is 7.10. The molecular weight excluding hydrogens is 884 g/mol. The van der Waals surface area contributed by atoms with Crippen LogP contribution in [0.1, 0.15) is 198 Å². The van der Waals surface area contributed by atoms with E-state index in [-0.39, 0.29) is 44.6 Å². The maximum atomic E-state index is 7.75. The van der Waals surface area contributed by atoms with Crippen LogP contribution >= 0.6 is 0 Å². The molecule has 4 heteroatoms. The van der Waals surface area contributed by atoms with Gasteiger partial charge in [-0.05, 0) is 224 Å². The topological polar surface area (TPSA) is 19.6 Å². The molecule has 6 aromatic carbocycles. The Balaban J connectivity index is 1.25. The molecule has 376 valence electrons. The SMILES string of the molecule is Cc1cc2c3c(c1)N(c1ccc(C(C)(C)C)cc1)c1c(oc4cc5c(cc14)C(C)(C)CCC5(C)C)B3c1cc3c(cc1N2c1cc2c(cc1-c1c(C)cccc1C)C(C)(C)CCC2(C)C)C(C)(C)CCC3(C)C. The summed E-state index contributed by atoms with van der Waals surface area (Å²) in [6.07, 6.45) is 6.94. The predicted molar refractivity (Wildman–Crippen MR) is 314 cm³/mol. The number of hydrogen-bond donors (Lipinski definition) is 0. The van der Waals surface area contributed by atoms with Gasteiger partial charge < -0.3 is 14.2 Å². The van der Waals surface area contributed by atoms with Gasteiger partial charge in [-0.1, -0.05) is 140 Å². The Hall–Kier alpha value is -5.48. The van der Waals surface area contributed by atoms with Crippen molar-refractivity contribution < 1.29 is 4.42 Å². The lowest BCUT2D eigenvalue weighted by molar-refractivity contribution is 0.332. The van der Waals surface area contributed by atoms with E-state index in [1.54, 1.807) is 0 Å². The summed E-state index contributed by atoms with van der Waals surface area (Å²) in [5.41, 5.74) is 29.0. The van der Waals surface area contributed by atoms with E-state index < -0.39 is 0 Å². The van der Waals surface area contributed by atoms with Crippen molar-refractivity contribution in [2.24, 2.45) is 0 Å². The van der Waals surface area contributed by atoms with Crippen LogP contribution in [-0.2, 0) is 37.9 Å². The molecule has 0 fully saturated rings. The number of benzene rings is 6. The van der Waals surface area contributed by atoms with Crippen LogP contribution < -0.4 is 26.4 Å². The van der Waals surface area contributed by atoms with Gasteiger partial charge in [0.25, 0.3) is 6.71 Å². The number of hydrogen-bond acceptors (Lipinski definition) is 3. The smallest absolute Gasteiger partial charge is 0.297 e. The van der Waals surface area contributed by atoms with Crippen molar-refractivity contribution in [3.8, 4) is 11.1 Å². The third-order valence-electron chi connectivity index (χ3n) is 19.7. The van der Waals surface area contributed by atoms with E-state index in [4.69, 9.17) is 4.42 Å². The van der Waals surface area contributed by atoms with Gasteiger partial charge in [0.15, 0.2) is 0 Å². The second kappa shape index (κ2) is 15.3. The summed E-state index contributed by atoms with van der Waals surface area (Å²) < 4.78 is 7.75. The van der Waals surface area contributed by atoms with E-state index in [9.17, 15) is 0 Å². The lowest BCUT2D eigenvalue weighted by Crippen LogP contribution is -2.61. The van der Waals surface area contributed by atoms with E-state index >= 15 is 0 Å². The largest absolute Gasteiger partial charge is 0.468 e. The van der Waals surface area contributed by atoms with Crippen molar-refractivity contribution in [3.05, 3.63) is 147 Å². The zero-order valence-electron chi connectivity index (χ0n) is 47.8. The van der Waals surface area contributed by atoms with E-state index in [0.717, 1.165) is 43.3 Å². The van der Waals surface area contributed by atoms with E-state index in [2.05, 4.69) is 225 Å². The van der Waals surface area contributed by atoms with Crippen LogP contribution in [-0.4, -0.2) is 6.71 Å². The first-order valence-electron chi connectivity index (χ1n) is 27.9. The van der Waals surface area contributed by atoms with Crippen molar-refractivity contribution in [1.29, 1.82) is 0 Å². The molecule has 0 N–H and O–H groups in total. The lowest BCUT2D eigenvalue weighted by atomic mass is 9.35. The standard InChI is InChI=1S/C69H81BN2O/c1-40-32-56-60-57(33-40)72(54-37-50-47(64(7,8)26-29-67(50,13)14)34-45(54)59-41(2)20-19-21-42(59)3)55-38-51-49(66(11,12)28-30-68(51,15)16)36-53(55)70(60)62-61(71(56)44-24-22-43(23-25-44)63(4,5)6)46-35-48-52(39-58(46)73-62)69(17,18)31-27-65(48,9)10/h19-25,32-39H,26-31H2,1-18H3. The number of nitrogens with zero attached hydrogens (tertiary/aromatic N) is 2. The number of fused-ring (bicyclic) bond motifs is 9. The highest BCUT2D eigenvalue weighted by atomic mass is 16.3. The molecule has 0 radical (unpaired) electrons. The summed E-state index contributed by atoms with van der Waals surface area (Å²) in [6, 6.07) is 37.1. The predicted octanol–water partition coefficient (Wildman–Crippen LogP) is 17.5. The molecular formula is C69H81BN2O. The number of aryl methyl sites for hydroxylation is 3. The van der Waals surface area contributed by atoms with Crippen LogP contribution in [0.25, 0.3) is 22.1 Å². The summed E-state index contributed by atoms with van der Waals surface area (Å²) in [7, 11) is 0. The molecule has 0 bridgehead atoms. The highest BCUT2D eigenvalue weighted by molar-refractivity contribution is 7.00. The maximum absolute atomic E-state index is 7.75. The molecule has 3 nitrogen and oxygen atoms in total. The van der Waals surface area contributed by atoms with Gasteiger partial charge in [0, 0.05) is 33.7 Å². The molecule has 0 amide bonds. The zero-order valence-corrected chi connectivity index (χ0v) is 47.8. The molecule has 3 aliphatic carbocycles. The first-order valence-corrected chi connectivity index (χ1v) is 27.9. The molecule has 2 aliphatic heterocycles. The van der Waals surface area contributed by atoms with Crippen molar-refractivity contribution in [1.82, 2.24) is 0 Å². The van der Waals surface area contributed by atoms with Gasteiger partial charge in [-0.15, -0.1) is 0 Å². The minimum absolute atomic E-state index is 0.00663. The Kier molecular flexibility index (Phi) is 10.2. The Bertz CT molecular complexity index is 3470. The van der Waals surface area contributed by atoms with Crippen LogP contribution in [0.3, 0.4) is 0 Å². The Morgan fingerprint density at radius 2 is 0.932 bits per heavy atom. The maximum Gasteiger partial charge on any atom is 0.297 e. The van der Waals surface area contributed by atoms with E-state index in [0.29, 0.717) is 0 Å². The molecule has 7 aromatic rings. The van der Waals surface area contributed by atoms with Crippen molar-refractivity contribution in [3.63, 3.8) is 0 Å². The molecule has 0 atom stereocenters. The number of anilines is 6. The second-order valence-corrected chi connectivity index (χ2v) is 28.8. The Morgan fingerprint density at radius 3 is 1.45 bits per heavy atom. The van der Waals surface area contributed by atoms with Gasteiger partial charge in [-0.25, -0.2) is 0 Å². The van der Waals surface area contributed by atoms with Crippen molar-refractivity contribution in [2.45, 2.75) is 201 Å². The van der Waals surface area contributed by atoms with Crippen LogP contribution in [0, 0.1) is 20.8 Å². The summed E-state index contributed by atoms with van der Waals surface area (Å²) in [5, 5.41) is 1.22. The van der Waals surface area contributed by atoms with Gasteiger partial charge >= 0.3 is 0 Å². The van der Waals surface area contributed by atoms with E-state index in [1.807, 2.05) is 0 Å². The fourth-order valence-electron chi connectivity index (χ4n) is 14.6. The fourth-order valence-corrected chi connectivity index (χ4v) is 14.6. The Morgan fingerprint density at radius 1 is 0.479 bits per heavy atom. The molecule has 0 saturated heterocycles. The number of rotatable bonds is 3. The zero-order chi connectivity index (χ0) is 52.1. The van der Waals surface area contributed by atoms with E-state index in [1.165, 1.54) is 124 Å². The molecule has 0 spiro atoms. The molecule has 73 heavy (non-hydrogen) atoms. The third-order valence-corrected chi connectivity index (χ3v) is 19.7. The normalized spacial score (nSPS) is 20.2. The van der Waals surface area contributed by atoms with Gasteiger partial charge in [-0.2, -0.15) is 0 Å². The molecule has 0 saturated carbocycles. The van der Waals surface area contributed by atoms with Crippen molar-refractivity contribution >= 4 is 68.4 Å². The van der Waals surface area contributed by atoms with Crippen molar-refractivity contribution in [2.75, 3.05) is 9.80 Å². The highest BCUT2D eigenvalue weighted by Crippen LogP contribution is 2.57. The molecule has 5 aliphatic rings. The van der Waals surface area contributed by atoms with Gasteiger partial charge in [0.2, 0.25) is 0 Å². The quantitative estimate of drug-likeness (QED) is 0.165. The summed E-state index contributed by atoms with van der Waals surface area (Å²) in [5.74, 6) is 0. The molecule has 12 rings (SSSR count). The van der Waals surface area contributed by atoms with Crippen LogP contribution in [0.2, 0.25) is 0 Å². The first-order chi connectivity index (χ1) is 34.0. The molecule has 1 aromatic heterocycles. The highest BCUT2D eigenvalue weighted by Gasteiger charge is 2.51. The summed E-state index contributed by atoms with van der Waals surface area (Å²) in [6.45, 7) is 43.5. The Labute approximate surface area is 439 Å². The number of furan rings is 1. The monoisotopic (exact) mass is 965 g/mol. The van der Waals surface area contributed by atoms with Crippen LogP contribution in [0.5, 0.6) is 0 Å². The lowest BCUT2D eigenvalue weighted by Gasteiger charge is -2.47. The summed E-state index contributed by atoms with van der Waals surface area (Å²) in [4.78, 5) is 5.37. The van der Waals surface area contributed by atoms with Crippen LogP contribution in [0.15, 0.2) is 95.4 Å². The molecule has 0 unspecified atom stereocenters. The summed E-state index contributed by atoms with van der Waals surface area (Å²) >= 11 is 0. The fraction of sp³-hybridized carbons (Fsp3) is 0.449. The molecule has 3 heterocycles.